The zero-order chi connectivity index (χ0) is 15.4. The number of aliphatic hydroxyl groups excluding tert-OH is 1. The Morgan fingerprint density at radius 1 is 1.33 bits per heavy atom. The number of nitrogens with zero attached hydrogens (tertiary/aromatic N) is 3. The molecule has 0 fully saturated rings. The van der Waals surface area contributed by atoms with Gasteiger partial charge in [0.25, 0.3) is 5.91 Å². The van der Waals surface area contributed by atoms with Gasteiger partial charge in [-0.3, -0.25) is 4.79 Å². The van der Waals surface area contributed by atoms with Crippen LogP contribution in [0.1, 0.15) is 17.4 Å². The van der Waals surface area contributed by atoms with E-state index >= 15 is 0 Å². The molecule has 1 amide bonds. The van der Waals surface area contributed by atoms with Gasteiger partial charge in [0.05, 0.1) is 6.61 Å². The zero-order valence-corrected chi connectivity index (χ0v) is 11.5. The van der Waals surface area contributed by atoms with Crippen LogP contribution in [0.4, 0.5) is 8.78 Å². The number of hydrogen-bond acceptors (Lipinski definition) is 3. The van der Waals surface area contributed by atoms with Gasteiger partial charge >= 0.3 is 0 Å². The van der Waals surface area contributed by atoms with Gasteiger partial charge in [-0.2, -0.15) is 5.10 Å². The van der Waals surface area contributed by atoms with Gasteiger partial charge in [-0.05, 0) is 25.1 Å². The van der Waals surface area contributed by atoms with Crippen molar-refractivity contribution in [3.05, 3.63) is 47.8 Å². The standard InChI is InChI=1S/C14H15F2N3O2/c1-2-18(8-9-20)14(21)12-6-7-19(17-12)13-10(15)4-3-5-11(13)16/h3-7,20H,2,8-9H2,1H3. The maximum Gasteiger partial charge on any atom is 0.274 e. The van der Waals surface area contributed by atoms with Crippen LogP contribution in [0.15, 0.2) is 30.5 Å². The van der Waals surface area contributed by atoms with E-state index < -0.39 is 17.5 Å². The first-order valence-electron chi connectivity index (χ1n) is 6.48. The molecule has 0 unspecified atom stereocenters. The Labute approximate surface area is 120 Å². The van der Waals surface area contributed by atoms with Crippen LogP contribution in [0, 0.1) is 11.6 Å². The molecular formula is C14H15F2N3O2. The molecular weight excluding hydrogens is 280 g/mol. The van der Waals surface area contributed by atoms with Crippen LogP contribution in [-0.4, -0.2) is 45.4 Å². The maximum absolute atomic E-state index is 13.7. The monoisotopic (exact) mass is 295 g/mol. The van der Waals surface area contributed by atoms with Crippen LogP contribution in [0.2, 0.25) is 0 Å². The fraction of sp³-hybridized carbons (Fsp3) is 0.286. The highest BCUT2D eigenvalue weighted by molar-refractivity contribution is 5.92. The number of amides is 1. The molecule has 112 valence electrons. The Balaban J connectivity index is 2.32. The van der Waals surface area contributed by atoms with E-state index in [0.29, 0.717) is 6.54 Å². The quantitative estimate of drug-likeness (QED) is 0.911. The van der Waals surface area contributed by atoms with Gasteiger partial charge in [0.2, 0.25) is 0 Å². The van der Waals surface area contributed by atoms with Crippen molar-refractivity contribution >= 4 is 5.91 Å². The Hall–Kier alpha value is -2.28. The molecule has 0 saturated carbocycles. The Morgan fingerprint density at radius 3 is 2.57 bits per heavy atom. The first-order valence-corrected chi connectivity index (χ1v) is 6.48. The zero-order valence-electron chi connectivity index (χ0n) is 11.5. The third kappa shape index (κ3) is 3.08. The number of para-hydroxylation sites is 1. The summed E-state index contributed by atoms with van der Waals surface area (Å²) in [5.41, 5.74) is -0.269. The molecule has 1 N–H and O–H groups in total. The molecule has 2 aromatic rings. The molecule has 0 atom stereocenters. The fourth-order valence-electron chi connectivity index (χ4n) is 1.96. The van der Waals surface area contributed by atoms with E-state index in [9.17, 15) is 13.6 Å². The predicted molar refractivity (Wildman–Crippen MR) is 72.1 cm³/mol. The number of hydrogen-bond donors (Lipinski definition) is 1. The van der Waals surface area contributed by atoms with Crippen LogP contribution in [0.3, 0.4) is 0 Å². The number of benzene rings is 1. The molecule has 0 spiro atoms. The van der Waals surface area contributed by atoms with Crippen LogP contribution in [0.25, 0.3) is 5.69 Å². The van der Waals surface area contributed by atoms with Crippen molar-refractivity contribution in [2.45, 2.75) is 6.92 Å². The molecule has 21 heavy (non-hydrogen) atoms. The minimum absolute atomic E-state index is 0.0629. The number of rotatable bonds is 5. The maximum atomic E-state index is 13.7. The molecule has 2 rings (SSSR count). The summed E-state index contributed by atoms with van der Waals surface area (Å²) in [6, 6.07) is 4.87. The highest BCUT2D eigenvalue weighted by Crippen LogP contribution is 2.17. The lowest BCUT2D eigenvalue weighted by Gasteiger charge is -2.18. The molecule has 0 aliphatic carbocycles. The largest absolute Gasteiger partial charge is 0.395 e. The fourth-order valence-corrected chi connectivity index (χ4v) is 1.96. The molecule has 0 saturated heterocycles. The van der Waals surface area contributed by atoms with Gasteiger partial charge in [0.1, 0.15) is 5.69 Å². The lowest BCUT2D eigenvalue weighted by atomic mass is 10.3. The van der Waals surface area contributed by atoms with Crippen molar-refractivity contribution in [3.63, 3.8) is 0 Å². The summed E-state index contributed by atoms with van der Waals surface area (Å²) < 4.78 is 28.3. The Bertz CT molecular complexity index is 623. The predicted octanol–water partition coefficient (Wildman–Crippen LogP) is 1.60. The topological polar surface area (TPSA) is 58.4 Å². The minimum atomic E-state index is -0.764. The molecule has 0 bridgehead atoms. The van der Waals surface area contributed by atoms with Crippen molar-refractivity contribution < 1.29 is 18.7 Å². The lowest BCUT2D eigenvalue weighted by molar-refractivity contribution is 0.0725. The Morgan fingerprint density at radius 2 is 2.00 bits per heavy atom. The third-order valence-corrected chi connectivity index (χ3v) is 3.01. The summed E-state index contributed by atoms with van der Waals surface area (Å²) in [5, 5.41) is 12.8. The second kappa shape index (κ2) is 6.45. The summed E-state index contributed by atoms with van der Waals surface area (Å²) in [6.45, 7) is 2.18. The normalized spacial score (nSPS) is 10.7. The average molecular weight is 295 g/mol. The van der Waals surface area contributed by atoms with Crippen molar-refractivity contribution in [2.75, 3.05) is 19.7 Å². The van der Waals surface area contributed by atoms with Gasteiger partial charge in [-0.1, -0.05) is 6.07 Å². The molecule has 0 aliphatic rings. The summed E-state index contributed by atoms with van der Waals surface area (Å²) in [7, 11) is 0. The molecule has 1 aromatic heterocycles. The van der Waals surface area contributed by atoms with Crippen LogP contribution in [-0.2, 0) is 0 Å². The van der Waals surface area contributed by atoms with Crippen molar-refractivity contribution in [1.82, 2.24) is 14.7 Å². The van der Waals surface area contributed by atoms with Gasteiger partial charge in [-0.15, -0.1) is 0 Å². The second-order valence-electron chi connectivity index (χ2n) is 4.32. The van der Waals surface area contributed by atoms with E-state index in [1.165, 1.54) is 23.2 Å². The van der Waals surface area contributed by atoms with E-state index in [4.69, 9.17) is 5.11 Å². The number of carbonyl (C=O) groups excluding carboxylic acids is 1. The summed E-state index contributed by atoms with van der Waals surface area (Å²) in [6.07, 6.45) is 1.32. The van der Waals surface area contributed by atoms with Gasteiger partial charge in [0.15, 0.2) is 17.3 Å². The van der Waals surface area contributed by atoms with E-state index in [0.717, 1.165) is 16.8 Å². The minimum Gasteiger partial charge on any atom is -0.395 e. The molecule has 0 radical (unpaired) electrons. The first-order chi connectivity index (χ1) is 10.1. The highest BCUT2D eigenvalue weighted by Gasteiger charge is 2.18. The number of carbonyl (C=O) groups is 1. The number of aliphatic hydroxyl groups is 1. The molecule has 1 aromatic carbocycles. The van der Waals surface area contributed by atoms with Crippen molar-refractivity contribution in [2.24, 2.45) is 0 Å². The molecule has 5 nitrogen and oxygen atoms in total. The van der Waals surface area contributed by atoms with Crippen LogP contribution >= 0.6 is 0 Å². The second-order valence-corrected chi connectivity index (χ2v) is 4.32. The summed E-state index contributed by atoms with van der Waals surface area (Å²) >= 11 is 0. The van der Waals surface area contributed by atoms with E-state index in [2.05, 4.69) is 5.10 Å². The lowest BCUT2D eigenvalue weighted by Crippen LogP contribution is -2.33. The number of aromatic nitrogens is 2. The van der Waals surface area contributed by atoms with Crippen LogP contribution < -0.4 is 0 Å². The van der Waals surface area contributed by atoms with E-state index in [1.54, 1.807) is 6.92 Å². The van der Waals surface area contributed by atoms with Gasteiger partial charge < -0.3 is 10.0 Å². The average Bonchev–Trinajstić information content (AvgIpc) is 2.93. The van der Waals surface area contributed by atoms with Crippen LogP contribution in [0.5, 0.6) is 0 Å². The number of likely N-dealkylation sites (N-methyl/N-ethyl adjacent to an activating group) is 1. The smallest absolute Gasteiger partial charge is 0.274 e. The Kier molecular flexibility index (Phi) is 4.64. The SMILES string of the molecule is CCN(CCO)C(=O)c1ccn(-c2c(F)cccc2F)n1. The first kappa shape index (κ1) is 15.1. The molecule has 0 aliphatic heterocycles. The highest BCUT2D eigenvalue weighted by atomic mass is 19.1. The van der Waals surface area contributed by atoms with E-state index in [1.807, 2.05) is 0 Å². The van der Waals surface area contributed by atoms with Crippen molar-refractivity contribution in [3.8, 4) is 5.69 Å². The summed E-state index contributed by atoms with van der Waals surface area (Å²) in [4.78, 5) is 13.5. The van der Waals surface area contributed by atoms with E-state index in [-0.39, 0.29) is 24.5 Å². The molecule has 1 heterocycles. The van der Waals surface area contributed by atoms with Gasteiger partial charge in [-0.25, -0.2) is 13.5 Å². The number of halogens is 2. The third-order valence-electron chi connectivity index (χ3n) is 3.01. The van der Waals surface area contributed by atoms with Gasteiger partial charge in [0, 0.05) is 19.3 Å². The molecule has 7 heteroatoms. The summed E-state index contributed by atoms with van der Waals surface area (Å²) in [5.74, 6) is -1.93. The van der Waals surface area contributed by atoms with Crippen molar-refractivity contribution in [1.29, 1.82) is 0 Å².